The van der Waals surface area contributed by atoms with Crippen molar-refractivity contribution in [3.63, 3.8) is 0 Å². The van der Waals surface area contributed by atoms with E-state index in [2.05, 4.69) is 34.3 Å². The number of anilines is 1. The number of hydrogen-bond donors (Lipinski definition) is 3. The van der Waals surface area contributed by atoms with Gasteiger partial charge in [-0.1, -0.05) is 32.0 Å². The number of carboxylic acids is 2. The monoisotopic (exact) mass is 528 g/mol. The fourth-order valence-electron chi connectivity index (χ4n) is 3.00. The van der Waals surface area contributed by atoms with Gasteiger partial charge in [0.05, 0.1) is 22.4 Å². The van der Waals surface area contributed by atoms with E-state index in [9.17, 15) is 19.3 Å². The van der Waals surface area contributed by atoms with E-state index in [4.69, 9.17) is 19.8 Å². The molecule has 1 unspecified atom stereocenters. The van der Waals surface area contributed by atoms with E-state index < -0.39 is 28.6 Å². The number of aliphatic carboxylic acids is 2. The zero-order chi connectivity index (χ0) is 27.4. The predicted molar refractivity (Wildman–Crippen MR) is 129 cm³/mol. The Morgan fingerprint density at radius 2 is 1.86 bits per heavy atom. The normalized spacial score (nSPS) is 11.4. The van der Waals surface area contributed by atoms with Crippen LogP contribution in [0.15, 0.2) is 23.4 Å². The number of amides is 1. The van der Waals surface area contributed by atoms with Gasteiger partial charge in [0.25, 0.3) is 5.69 Å². The van der Waals surface area contributed by atoms with Gasteiger partial charge in [-0.3, -0.25) is 19.8 Å². The lowest BCUT2D eigenvalue weighted by Crippen LogP contribution is -2.23. The molecule has 1 amide bonds. The molecule has 0 aliphatic rings. The van der Waals surface area contributed by atoms with Gasteiger partial charge in [0.15, 0.2) is 11.0 Å². The lowest BCUT2D eigenvalue weighted by atomic mass is 10.2. The molecule has 1 aromatic carbocycles. The Balaban J connectivity index is 0.000000960. The molecule has 1 aromatic heterocycles. The first kappa shape index (κ1) is 30.4. The number of thioether (sulfide) groups is 1. The summed E-state index contributed by atoms with van der Waals surface area (Å²) in [6.45, 7) is 4.92. The van der Waals surface area contributed by atoms with Gasteiger partial charge in [0.1, 0.15) is 5.82 Å². The highest BCUT2D eigenvalue weighted by atomic mass is 32.2. The summed E-state index contributed by atoms with van der Waals surface area (Å²) in [5, 5.41) is 37.3. The number of rotatable bonds is 11. The summed E-state index contributed by atoms with van der Waals surface area (Å²) in [4.78, 5) is 42.8. The third-order valence-electron chi connectivity index (χ3n) is 4.74. The average molecular weight is 529 g/mol. The number of hydrogen-bond acceptors (Lipinski definition) is 9. The quantitative estimate of drug-likeness (QED) is 0.169. The summed E-state index contributed by atoms with van der Waals surface area (Å²) < 4.78 is 15.9. The molecule has 1 atom stereocenters. The number of nitrogens with zero attached hydrogens (tertiary/aromatic N) is 5. The summed E-state index contributed by atoms with van der Waals surface area (Å²) in [6, 6.07) is 3.12. The molecule has 0 fully saturated rings. The Morgan fingerprint density at radius 1 is 1.22 bits per heavy atom. The van der Waals surface area contributed by atoms with Crippen LogP contribution in [0.1, 0.15) is 45.0 Å². The number of nitrogens with one attached hydrogen (secondary N) is 1. The molecule has 0 spiro atoms. The zero-order valence-corrected chi connectivity index (χ0v) is 21.1. The Labute approximate surface area is 210 Å². The van der Waals surface area contributed by atoms with E-state index in [0.717, 1.165) is 49.8 Å². The number of nitro groups is 1. The van der Waals surface area contributed by atoms with E-state index in [1.54, 1.807) is 0 Å². The lowest BCUT2D eigenvalue weighted by Gasteiger charge is -2.23. The minimum atomic E-state index is -1.82. The van der Waals surface area contributed by atoms with Crippen LogP contribution in [-0.4, -0.2) is 72.5 Å². The van der Waals surface area contributed by atoms with E-state index in [1.807, 2.05) is 18.7 Å². The summed E-state index contributed by atoms with van der Waals surface area (Å²) in [5.41, 5.74) is -0.515. The molecular weight excluding hydrogens is 499 g/mol. The minimum Gasteiger partial charge on any atom is -0.473 e. The largest absolute Gasteiger partial charge is 0.473 e. The fraction of sp³-hybridized carbons (Fsp3) is 0.476. The van der Waals surface area contributed by atoms with E-state index in [1.165, 1.54) is 11.8 Å². The summed E-state index contributed by atoms with van der Waals surface area (Å²) in [5.74, 6) is -4.03. The first-order chi connectivity index (χ1) is 16.9. The second-order valence-corrected chi connectivity index (χ2v) is 8.54. The third-order valence-corrected chi connectivity index (χ3v) is 5.71. The molecule has 1 heterocycles. The predicted octanol–water partition coefficient (Wildman–Crippen LogP) is 3.02. The molecule has 15 heteroatoms. The maximum atomic E-state index is 13.9. The van der Waals surface area contributed by atoms with Crippen molar-refractivity contribution in [1.82, 2.24) is 19.7 Å². The van der Waals surface area contributed by atoms with Crippen LogP contribution < -0.4 is 5.32 Å². The van der Waals surface area contributed by atoms with Crippen molar-refractivity contribution in [2.24, 2.45) is 0 Å². The maximum absolute atomic E-state index is 13.9. The van der Waals surface area contributed by atoms with Crippen LogP contribution in [0, 0.1) is 15.9 Å². The number of carbonyl (C=O) groups is 3. The molecule has 198 valence electrons. The van der Waals surface area contributed by atoms with Crippen LogP contribution in [-0.2, 0) is 20.9 Å². The van der Waals surface area contributed by atoms with Gasteiger partial charge in [-0.2, -0.15) is 0 Å². The van der Waals surface area contributed by atoms with E-state index in [-0.39, 0.29) is 23.2 Å². The smallest absolute Gasteiger partial charge is 0.414 e. The zero-order valence-electron chi connectivity index (χ0n) is 20.3. The summed E-state index contributed by atoms with van der Waals surface area (Å²) in [6.07, 6.45) is 2.83. The molecule has 0 aliphatic heterocycles. The number of carbonyl (C=O) groups excluding carboxylic acids is 1. The van der Waals surface area contributed by atoms with Crippen LogP contribution in [0.5, 0.6) is 0 Å². The van der Waals surface area contributed by atoms with Crippen molar-refractivity contribution in [3.8, 4) is 0 Å². The van der Waals surface area contributed by atoms with Gasteiger partial charge in [0, 0.05) is 18.7 Å². The van der Waals surface area contributed by atoms with Gasteiger partial charge >= 0.3 is 11.9 Å². The molecule has 0 saturated heterocycles. The molecular formula is C21H29FN6O7S. The molecule has 2 rings (SSSR count). The van der Waals surface area contributed by atoms with Crippen molar-refractivity contribution in [2.45, 2.75) is 50.9 Å². The highest BCUT2D eigenvalue weighted by molar-refractivity contribution is 7.99. The topological polar surface area (TPSA) is 181 Å². The number of unbranched alkanes of at least 4 members (excludes halogenated alkanes) is 1. The van der Waals surface area contributed by atoms with E-state index in [0.29, 0.717) is 5.16 Å². The van der Waals surface area contributed by atoms with Crippen LogP contribution in [0.4, 0.5) is 15.8 Å². The standard InChI is InChI=1S/C19H27FN6O3S.C2H2O4/c1-5-7-10-25-18(16(6-2)24(3)4)22-23-19(25)30-12-17(27)21-15-11-13(26(28)29)8-9-14(15)20;3-1(4)2(5)6/h8-9,11,16H,5-7,10,12H2,1-4H3,(H,21,27);(H,3,4)(H,5,6). The van der Waals surface area contributed by atoms with Crippen LogP contribution in [0.2, 0.25) is 0 Å². The number of halogens is 1. The summed E-state index contributed by atoms with van der Waals surface area (Å²) >= 11 is 1.20. The molecule has 13 nitrogen and oxygen atoms in total. The van der Waals surface area contributed by atoms with Crippen molar-refractivity contribution >= 4 is 41.0 Å². The Hall–Kier alpha value is -3.59. The van der Waals surface area contributed by atoms with E-state index >= 15 is 0 Å². The lowest BCUT2D eigenvalue weighted by molar-refractivity contribution is -0.384. The average Bonchev–Trinajstić information content (AvgIpc) is 3.20. The molecule has 2 aromatic rings. The molecule has 0 aliphatic carbocycles. The van der Waals surface area contributed by atoms with Crippen molar-refractivity contribution in [3.05, 3.63) is 40.0 Å². The molecule has 0 radical (unpaired) electrons. The number of aromatic nitrogens is 3. The minimum absolute atomic E-state index is 0.0227. The SMILES string of the molecule is CCCCn1c(SCC(=O)Nc2cc([N+](=O)[O-])ccc2F)nnc1C(CC)N(C)C.O=C(O)C(=O)O. The number of nitro benzene ring substituents is 1. The van der Waals surface area contributed by atoms with Gasteiger partial charge in [0.2, 0.25) is 5.91 Å². The fourth-order valence-corrected chi connectivity index (χ4v) is 3.77. The maximum Gasteiger partial charge on any atom is 0.414 e. The Morgan fingerprint density at radius 3 is 2.36 bits per heavy atom. The second-order valence-electron chi connectivity index (χ2n) is 7.60. The third kappa shape index (κ3) is 9.22. The van der Waals surface area contributed by atoms with Crippen LogP contribution >= 0.6 is 11.8 Å². The van der Waals surface area contributed by atoms with Crippen LogP contribution in [0.3, 0.4) is 0 Å². The van der Waals surface area contributed by atoms with Gasteiger partial charge in [-0.25, -0.2) is 14.0 Å². The number of carboxylic acid groups (broad SMARTS) is 2. The molecule has 0 bridgehead atoms. The highest BCUT2D eigenvalue weighted by Crippen LogP contribution is 2.26. The number of benzene rings is 1. The number of non-ortho nitro benzene ring substituents is 1. The first-order valence-corrected chi connectivity index (χ1v) is 11.8. The van der Waals surface area contributed by atoms with Crippen LogP contribution in [0.25, 0.3) is 0 Å². The first-order valence-electron chi connectivity index (χ1n) is 10.8. The Bertz CT molecular complexity index is 1070. The summed E-state index contributed by atoms with van der Waals surface area (Å²) in [7, 11) is 3.97. The Kier molecular flexibility index (Phi) is 12.5. The van der Waals surface area contributed by atoms with Crippen molar-refractivity contribution < 1.29 is 33.9 Å². The van der Waals surface area contributed by atoms with Gasteiger partial charge in [-0.05, 0) is 33.0 Å². The van der Waals surface area contributed by atoms with Gasteiger partial charge in [-0.15, -0.1) is 10.2 Å². The highest BCUT2D eigenvalue weighted by Gasteiger charge is 2.22. The molecule has 3 N–H and O–H groups in total. The van der Waals surface area contributed by atoms with Gasteiger partial charge < -0.3 is 20.1 Å². The molecule has 36 heavy (non-hydrogen) atoms. The van der Waals surface area contributed by atoms with Crippen molar-refractivity contribution in [1.29, 1.82) is 0 Å². The molecule has 0 saturated carbocycles. The van der Waals surface area contributed by atoms with Crippen molar-refractivity contribution in [2.75, 3.05) is 25.2 Å². The second kappa shape index (κ2) is 14.7.